The number of fused-ring (bicyclic) bond motifs is 2. The van der Waals surface area contributed by atoms with Crippen molar-refractivity contribution in [2.75, 3.05) is 25.0 Å². The molecule has 6 heteroatoms. The lowest BCUT2D eigenvalue weighted by atomic mass is 10.1. The molecule has 0 fully saturated rings. The number of para-hydroxylation sites is 1. The van der Waals surface area contributed by atoms with Crippen LogP contribution < -0.4 is 15.4 Å². The monoisotopic (exact) mass is 339 g/mol. The summed E-state index contributed by atoms with van der Waals surface area (Å²) in [6.07, 6.45) is 0.871. The molecule has 0 saturated heterocycles. The summed E-state index contributed by atoms with van der Waals surface area (Å²) in [7, 11) is 0. The molecule has 2 heterocycles. The molecule has 1 aliphatic heterocycles. The van der Waals surface area contributed by atoms with Crippen LogP contribution in [0.15, 0.2) is 42.5 Å². The number of amides is 1. The first-order valence-corrected chi connectivity index (χ1v) is 8.74. The molecule has 0 spiro atoms. The van der Waals surface area contributed by atoms with Crippen molar-refractivity contribution in [2.24, 2.45) is 0 Å². The van der Waals surface area contributed by atoms with E-state index in [1.54, 1.807) is 17.4 Å². The van der Waals surface area contributed by atoms with Crippen molar-refractivity contribution in [1.82, 2.24) is 10.3 Å². The van der Waals surface area contributed by atoms with Crippen LogP contribution in [0.1, 0.15) is 15.9 Å². The maximum absolute atomic E-state index is 12.2. The van der Waals surface area contributed by atoms with Gasteiger partial charge >= 0.3 is 0 Å². The van der Waals surface area contributed by atoms with Crippen LogP contribution in [0.2, 0.25) is 0 Å². The summed E-state index contributed by atoms with van der Waals surface area (Å²) >= 11 is 1.62. The topological polar surface area (TPSA) is 63.2 Å². The van der Waals surface area contributed by atoms with Crippen molar-refractivity contribution in [3.05, 3.63) is 53.6 Å². The Morgan fingerprint density at radius 2 is 2.12 bits per heavy atom. The number of carbonyl (C=O) groups excluding carboxylic acids is 1. The van der Waals surface area contributed by atoms with Crippen molar-refractivity contribution in [3.8, 4) is 5.75 Å². The third-order valence-electron chi connectivity index (χ3n) is 3.93. The largest absolute Gasteiger partial charge is 0.493 e. The standard InChI is InChI=1S/C18H17N3O2S/c22-17(13-5-6-15-12(11-13)7-10-23-15)19-8-9-20-18-21-14-3-1-2-4-16(14)24-18/h1-6,11H,7-10H2,(H,19,22)(H,20,21). The van der Waals surface area contributed by atoms with Gasteiger partial charge in [0.2, 0.25) is 0 Å². The Kier molecular flexibility index (Phi) is 4.04. The van der Waals surface area contributed by atoms with E-state index in [-0.39, 0.29) is 5.91 Å². The molecule has 122 valence electrons. The lowest BCUT2D eigenvalue weighted by Crippen LogP contribution is -2.28. The van der Waals surface area contributed by atoms with Gasteiger partial charge in [0.1, 0.15) is 5.75 Å². The van der Waals surface area contributed by atoms with Crippen LogP contribution in [-0.2, 0) is 6.42 Å². The number of hydrogen-bond donors (Lipinski definition) is 2. The molecule has 0 saturated carbocycles. The Morgan fingerprint density at radius 3 is 3.04 bits per heavy atom. The fourth-order valence-corrected chi connectivity index (χ4v) is 3.61. The first-order chi connectivity index (χ1) is 11.8. The highest BCUT2D eigenvalue weighted by atomic mass is 32.1. The lowest BCUT2D eigenvalue weighted by Gasteiger charge is -2.07. The number of anilines is 1. The van der Waals surface area contributed by atoms with E-state index >= 15 is 0 Å². The van der Waals surface area contributed by atoms with E-state index in [1.165, 1.54) is 0 Å². The maximum atomic E-state index is 12.2. The van der Waals surface area contributed by atoms with Gasteiger partial charge in [0.15, 0.2) is 5.13 Å². The van der Waals surface area contributed by atoms with Gasteiger partial charge in [0.05, 0.1) is 16.8 Å². The average Bonchev–Trinajstić information content (AvgIpc) is 3.23. The van der Waals surface area contributed by atoms with Crippen molar-refractivity contribution in [2.45, 2.75) is 6.42 Å². The summed E-state index contributed by atoms with van der Waals surface area (Å²) in [5.41, 5.74) is 2.78. The second-order valence-corrected chi connectivity index (χ2v) is 6.62. The number of ether oxygens (including phenoxy) is 1. The third-order valence-corrected chi connectivity index (χ3v) is 4.93. The number of nitrogens with one attached hydrogen (secondary N) is 2. The number of thiazole rings is 1. The quantitative estimate of drug-likeness (QED) is 0.701. The Bertz CT molecular complexity index is 858. The highest BCUT2D eigenvalue weighted by molar-refractivity contribution is 7.22. The molecule has 0 radical (unpaired) electrons. The fraction of sp³-hybridized carbons (Fsp3) is 0.222. The molecule has 24 heavy (non-hydrogen) atoms. The van der Waals surface area contributed by atoms with E-state index in [0.717, 1.165) is 33.1 Å². The van der Waals surface area contributed by atoms with Gasteiger partial charge in [-0.2, -0.15) is 0 Å². The van der Waals surface area contributed by atoms with Gasteiger partial charge in [-0.1, -0.05) is 23.5 Å². The normalized spacial score (nSPS) is 12.7. The molecule has 1 amide bonds. The minimum atomic E-state index is -0.0594. The molecular weight excluding hydrogens is 322 g/mol. The molecule has 0 unspecified atom stereocenters. The number of hydrogen-bond acceptors (Lipinski definition) is 5. The molecule has 5 nitrogen and oxygen atoms in total. The van der Waals surface area contributed by atoms with Gasteiger partial charge in [-0.05, 0) is 35.9 Å². The summed E-state index contributed by atoms with van der Waals surface area (Å²) in [6, 6.07) is 13.6. The van der Waals surface area contributed by atoms with E-state index in [4.69, 9.17) is 4.74 Å². The van der Waals surface area contributed by atoms with Gasteiger partial charge in [-0.3, -0.25) is 4.79 Å². The van der Waals surface area contributed by atoms with E-state index in [1.807, 2.05) is 30.3 Å². The van der Waals surface area contributed by atoms with Crippen molar-refractivity contribution in [1.29, 1.82) is 0 Å². The van der Waals surface area contributed by atoms with Crippen molar-refractivity contribution >= 4 is 32.6 Å². The second-order valence-electron chi connectivity index (χ2n) is 5.59. The summed E-state index contributed by atoms with van der Waals surface area (Å²) in [4.78, 5) is 16.7. The fourth-order valence-electron chi connectivity index (χ4n) is 2.72. The second kappa shape index (κ2) is 6.49. The number of nitrogens with zero attached hydrogens (tertiary/aromatic N) is 1. The zero-order chi connectivity index (χ0) is 16.4. The molecule has 0 bridgehead atoms. The highest BCUT2D eigenvalue weighted by Gasteiger charge is 2.14. The Labute approximate surface area is 143 Å². The summed E-state index contributed by atoms with van der Waals surface area (Å²) < 4.78 is 6.61. The van der Waals surface area contributed by atoms with Crippen LogP contribution in [0.25, 0.3) is 10.2 Å². The van der Waals surface area contributed by atoms with Crippen LogP contribution in [0.4, 0.5) is 5.13 Å². The van der Waals surface area contributed by atoms with Gasteiger partial charge in [0, 0.05) is 25.1 Å². The van der Waals surface area contributed by atoms with Crippen molar-refractivity contribution < 1.29 is 9.53 Å². The van der Waals surface area contributed by atoms with Crippen LogP contribution in [0.3, 0.4) is 0 Å². The summed E-state index contributed by atoms with van der Waals surface area (Å²) in [5, 5.41) is 7.06. The first-order valence-electron chi connectivity index (χ1n) is 7.93. The van der Waals surface area contributed by atoms with Gasteiger partial charge in [0.25, 0.3) is 5.91 Å². The average molecular weight is 339 g/mol. The molecule has 1 aliphatic rings. The third kappa shape index (κ3) is 3.05. The van der Waals surface area contributed by atoms with Crippen LogP contribution in [0.5, 0.6) is 5.75 Å². The molecule has 2 N–H and O–H groups in total. The van der Waals surface area contributed by atoms with Crippen LogP contribution in [-0.4, -0.2) is 30.6 Å². The zero-order valence-corrected chi connectivity index (χ0v) is 13.9. The zero-order valence-electron chi connectivity index (χ0n) is 13.0. The molecule has 3 aromatic rings. The molecule has 0 aliphatic carbocycles. The SMILES string of the molecule is O=C(NCCNc1nc2ccccc2s1)c1ccc2c(c1)CCO2. The molecule has 4 rings (SSSR count). The highest BCUT2D eigenvalue weighted by Crippen LogP contribution is 2.26. The van der Waals surface area contributed by atoms with Crippen LogP contribution >= 0.6 is 11.3 Å². The Hall–Kier alpha value is -2.60. The van der Waals surface area contributed by atoms with E-state index < -0.39 is 0 Å². The maximum Gasteiger partial charge on any atom is 0.251 e. The molecular formula is C18H17N3O2S. The number of aromatic nitrogens is 1. The summed E-state index contributed by atoms with van der Waals surface area (Å²) in [6.45, 7) is 1.88. The van der Waals surface area contributed by atoms with Crippen molar-refractivity contribution in [3.63, 3.8) is 0 Å². The molecule has 2 aromatic carbocycles. The van der Waals surface area contributed by atoms with Gasteiger partial charge in [-0.25, -0.2) is 4.98 Å². The Morgan fingerprint density at radius 1 is 1.21 bits per heavy atom. The van der Waals surface area contributed by atoms with Crippen LogP contribution in [0, 0.1) is 0 Å². The van der Waals surface area contributed by atoms with E-state index in [9.17, 15) is 4.79 Å². The lowest BCUT2D eigenvalue weighted by molar-refractivity contribution is 0.0955. The first kappa shape index (κ1) is 15.0. The van der Waals surface area contributed by atoms with Gasteiger partial charge in [-0.15, -0.1) is 0 Å². The number of rotatable bonds is 5. The molecule has 1 aromatic heterocycles. The van der Waals surface area contributed by atoms with E-state index in [0.29, 0.717) is 25.3 Å². The number of carbonyl (C=O) groups is 1. The summed E-state index contributed by atoms with van der Waals surface area (Å²) in [5.74, 6) is 0.833. The minimum absolute atomic E-state index is 0.0594. The smallest absolute Gasteiger partial charge is 0.251 e. The van der Waals surface area contributed by atoms with E-state index in [2.05, 4.69) is 21.7 Å². The number of benzene rings is 2. The minimum Gasteiger partial charge on any atom is -0.493 e. The van der Waals surface area contributed by atoms with Gasteiger partial charge < -0.3 is 15.4 Å². The Balaban J connectivity index is 1.30. The predicted molar refractivity (Wildman–Crippen MR) is 96.1 cm³/mol. The molecule has 0 atom stereocenters. The predicted octanol–water partition coefficient (Wildman–Crippen LogP) is 3.07.